The van der Waals surface area contributed by atoms with Gasteiger partial charge in [-0.2, -0.15) is 0 Å². The Labute approximate surface area is 156 Å². The molecule has 0 aliphatic carbocycles. The molecule has 1 heterocycles. The molecule has 5 nitrogen and oxygen atoms in total. The first-order chi connectivity index (χ1) is 11.5. The average Bonchev–Trinajstić information content (AvgIpc) is 2.58. The van der Waals surface area contributed by atoms with Gasteiger partial charge in [0.25, 0.3) is 0 Å². The Balaban J connectivity index is 2.80. The van der Waals surface area contributed by atoms with Crippen molar-refractivity contribution in [3.63, 3.8) is 0 Å². The predicted octanol–water partition coefficient (Wildman–Crippen LogP) is 3.25. The first-order valence-corrected chi connectivity index (χ1v) is 10.0. The van der Waals surface area contributed by atoms with E-state index < -0.39 is 0 Å². The van der Waals surface area contributed by atoms with Gasteiger partial charge < -0.3 is 14.4 Å². The summed E-state index contributed by atoms with van der Waals surface area (Å²) in [6.07, 6.45) is 1.13. The lowest BCUT2D eigenvalue weighted by Gasteiger charge is -2.36. The Kier molecular flexibility index (Phi) is 9.33. The maximum absolute atomic E-state index is 6.11. The topological polar surface area (TPSA) is 28.2 Å². The third-order valence-corrected chi connectivity index (χ3v) is 4.68. The molecule has 1 aliphatic heterocycles. The summed E-state index contributed by atoms with van der Waals surface area (Å²) in [6.45, 7) is 25.2. The first kappa shape index (κ1) is 22.8. The Morgan fingerprint density at radius 1 is 0.760 bits per heavy atom. The minimum atomic E-state index is -0.101. The van der Waals surface area contributed by atoms with Crippen molar-refractivity contribution < 1.29 is 9.47 Å². The molecule has 0 aromatic carbocycles. The van der Waals surface area contributed by atoms with E-state index >= 15 is 0 Å². The molecule has 0 saturated carbocycles. The van der Waals surface area contributed by atoms with Gasteiger partial charge in [-0.3, -0.25) is 9.80 Å². The molecule has 0 radical (unpaired) electrons. The lowest BCUT2D eigenvalue weighted by atomic mass is 10.1. The standard InChI is InChI=1S/C20H43N3O2/c1-9-18-15-22(16-24-19(3,4)5)12-11-21(10-2)13-14-23(18)17-25-20(6,7)8/h18H,9-17H2,1-8H3. The van der Waals surface area contributed by atoms with E-state index in [4.69, 9.17) is 9.47 Å². The van der Waals surface area contributed by atoms with Crippen LogP contribution >= 0.6 is 0 Å². The van der Waals surface area contributed by atoms with Crippen LogP contribution in [0.15, 0.2) is 0 Å². The Morgan fingerprint density at radius 2 is 1.28 bits per heavy atom. The van der Waals surface area contributed by atoms with Gasteiger partial charge in [-0.25, -0.2) is 0 Å². The van der Waals surface area contributed by atoms with E-state index in [-0.39, 0.29) is 11.2 Å². The minimum Gasteiger partial charge on any atom is -0.360 e. The second-order valence-corrected chi connectivity index (χ2v) is 9.16. The minimum absolute atomic E-state index is 0.0976. The number of rotatable bonds is 6. The molecule has 150 valence electrons. The third kappa shape index (κ3) is 9.90. The molecular formula is C20H43N3O2. The summed E-state index contributed by atoms with van der Waals surface area (Å²) in [5.74, 6) is 0. The fourth-order valence-corrected chi connectivity index (χ4v) is 2.90. The summed E-state index contributed by atoms with van der Waals surface area (Å²) in [5, 5.41) is 0. The lowest BCUT2D eigenvalue weighted by Crippen LogP contribution is -2.47. The van der Waals surface area contributed by atoms with Gasteiger partial charge >= 0.3 is 0 Å². The predicted molar refractivity (Wildman–Crippen MR) is 106 cm³/mol. The summed E-state index contributed by atoms with van der Waals surface area (Å²) < 4.78 is 12.2. The van der Waals surface area contributed by atoms with Crippen LogP contribution in [-0.4, -0.2) is 84.7 Å². The number of hydrogen-bond acceptors (Lipinski definition) is 5. The van der Waals surface area contributed by atoms with E-state index in [1.807, 2.05) is 0 Å². The highest BCUT2D eigenvalue weighted by atomic mass is 16.5. The largest absolute Gasteiger partial charge is 0.360 e. The summed E-state index contributed by atoms with van der Waals surface area (Å²) in [5.41, 5.74) is -0.199. The van der Waals surface area contributed by atoms with Crippen LogP contribution in [0.3, 0.4) is 0 Å². The molecule has 25 heavy (non-hydrogen) atoms. The van der Waals surface area contributed by atoms with Crippen molar-refractivity contribution in [1.82, 2.24) is 14.7 Å². The number of likely N-dealkylation sites (N-methyl/N-ethyl adjacent to an activating group) is 1. The van der Waals surface area contributed by atoms with Crippen LogP contribution < -0.4 is 0 Å². The van der Waals surface area contributed by atoms with Crippen LogP contribution in [0, 0.1) is 0 Å². The molecule has 0 amide bonds. The summed E-state index contributed by atoms with van der Waals surface area (Å²) in [7, 11) is 0. The van der Waals surface area contributed by atoms with E-state index in [1.165, 1.54) is 0 Å². The molecule has 1 rings (SSSR count). The van der Waals surface area contributed by atoms with Gasteiger partial charge in [0.2, 0.25) is 0 Å². The van der Waals surface area contributed by atoms with E-state index in [2.05, 4.69) is 70.1 Å². The van der Waals surface area contributed by atoms with Gasteiger partial charge in [0.15, 0.2) is 0 Å². The number of nitrogens with zero attached hydrogens (tertiary/aromatic N) is 3. The van der Waals surface area contributed by atoms with E-state index in [9.17, 15) is 0 Å². The number of ether oxygens (including phenoxy) is 2. The van der Waals surface area contributed by atoms with Crippen molar-refractivity contribution in [2.45, 2.75) is 79.1 Å². The van der Waals surface area contributed by atoms with Crippen molar-refractivity contribution >= 4 is 0 Å². The molecule has 1 atom stereocenters. The molecule has 0 bridgehead atoms. The zero-order valence-electron chi connectivity index (χ0n) is 18.1. The summed E-state index contributed by atoms with van der Waals surface area (Å²) in [4.78, 5) is 7.52. The number of hydrogen-bond donors (Lipinski definition) is 0. The molecule has 1 fully saturated rings. The highest BCUT2D eigenvalue weighted by molar-refractivity contribution is 4.78. The average molecular weight is 358 g/mol. The van der Waals surface area contributed by atoms with Crippen LogP contribution in [0.2, 0.25) is 0 Å². The van der Waals surface area contributed by atoms with E-state index in [0.717, 1.165) is 45.7 Å². The highest BCUT2D eigenvalue weighted by Crippen LogP contribution is 2.15. The molecule has 1 aliphatic rings. The maximum Gasteiger partial charge on any atom is 0.100 e. The molecule has 0 spiro atoms. The van der Waals surface area contributed by atoms with E-state index in [0.29, 0.717) is 19.5 Å². The van der Waals surface area contributed by atoms with E-state index in [1.54, 1.807) is 0 Å². The zero-order valence-corrected chi connectivity index (χ0v) is 18.1. The highest BCUT2D eigenvalue weighted by Gasteiger charge is 2.25. The van der Waals surface area contributed by atoms with Gasteiger partial charge in [-0.05, 0) is 54.5 Å². The van der Waals surface area contributed by atoms with Crippen LogP contribution in [0.5, 0.6) is 0 Å². The van der Waals surface area contributed by atoms with Gasteiger partial charge in [0, 0.05) is 38.8 Å². The van der Waals surface area contributed by atoms with Crippen LogP contribution in [0.1, 0.15) is 61.8 Å². The SMILES string of the molecule is CCC1CN(COC(C)(C)C)CCN(CC)CCN1COC(C)(C)C. The molecule has 0 aromatic rings. The van der Waals surface area contributed by atoms with Gasteiger partial charge in [-0.15, -0.1) is 0 Å². The zero-order chi connectivity index (χ0) is 19.1. The van der Waals surface area contributed by atoms with Crippen molar-refractivity contribution in [2.75, 3.05) is 52.7 Å². The van der Waals surface area contributed by atoms with Crippen LogP contribution in [-0.2, 0) is 9.47 Å². The Hall–Kier alpha value is -0.200. The van der Waals surface area contributed by atoms with Crippen LogP contribution in [0.4, 0.5) is 0 Å². The fourth-order valence-electron chi connectivity index (χ4n) is 2.90. The molecule has 0 N–H and O–H groups in total. The Bertz CT molecular complexity index is 363. The van der Waals surface area contributed by atoms with Crippen molar-refractivity contribution in [3.05, 3.63) is 0 Å². The quantitative estimate of drug-likeness (QED) is 0.728. The second-order valence-electron chi connectivity index (χ2n) is 9.16. The third-order valence-electron chi connectivity index (χ3n) is 4.68. The maximum atomic E-state index is 6.11. The molecule has 1 unspecified atom stereocenters. The molecule has 5 heteroatoms. The van der Waals surface area contributed by atoms with Crippen molar-refractivity contribution in [1.29, 1.82) is 0 Å². The lowest BCUT2D eigenvalue weighted by molar-refractivity contribution is -0.0915. The van der Waals surface area contributed by atoms with Crippen molar-refractivity contribution in [2.24, 2.45) is 0 Å². The first-order valence-electron chi connectivity index (χ1n) is 10.0. The van der Waals surface area contributed by atoms with Gasteiger partial charge in [0.1, 0.15) is 6.73 Å². The molecule has 1 saturated heterocycles. The summed E-state index contributed by atoms with van der Waals surface area (Å²) in [6, 6.07) is 0.503. The fraction of sp³-hybridized carbons (Fsp3) is 1.00. The molecule has 0 aromatic heterocycles. The normalized spacial score (nSPS) is 23.3. The van der Waals surface area contributed by atoms with Crippen molar-refractivity contribution in [3.8, 4) is 0 Å². The molecular weight excluding hydrogens is 314 g/mol. The second kappa shape index (κ2) is 10.2. The van der Waals surface area contributed by atoms with Gasteiger partial charge in [-0.1, -0.05) is 13.8 Å². The smallest absolute Gasteiger partial charge is 0.100 e. The monoisotopic (exact) mass is 357 g/mol. The van der Waals surface area contributed by atoms with Gasteiger partial charge in [0.05, 0.1) is 17.9 Å². The Morgan fingerprint density at radius 3 is 1.80 bits per heavy atom. The van der Waals surface area contributed by atoms with Crippen LogP contribution in [0.25, 0.3) is 0 Å². The summed E-state index contributed by atoms with van der Waals surface area (Å²) >= 11 is 0.